The number of piperidine rings is 1. The molecule has 20 heavy (non-hydrogen) atoms. The second kappa shape index (κ2) is 7.42. The molecule has 1 aromatic carbocycles. The Morgan fingerprint density at radius 3 is 3.10 bits per heavy atom. The van der Waals surface area contributed by atoms with Gasteiger partial charge in [0.05, 0.1) is 11.6 Å². The smallest absolute Gasteiger partial charge is 0.0991 e. The highest BCUT2D eigenvalue weighted by Gasteiger charge is 2.20. The Hall–Kier alpha value is -1.37. The molecule has 1 saturated heterocycles. The van der Waals surface area contributed by atoms with E-state index in [2.05, 4.69) is 36.2 Å². The van der Waals surface area contributed by atoms with Gasteiger partial charge in [0.15, 0.2) is 0 Å². The third-order valence-electron chi connectivity index (χ3n) is 4.14. The van der Waals surface area contributed by atoms with Crippen molar-refractivity contribution in [3.8, 4) is 6.07 Å². The van der Waals surface area contributed by atoms with E-state index >= 15 is 0 Å². The predicted molar refractivity (Wildman–Crippen MR) is 82.3 cm³/mol. The SMILES string of the molecule is CC1CCCN(C(C)CNCc2cccc(C#N)c2)C1. The maximum atomic E-state index is 8.89. The zero-order valence-electron chi connectivity index (χ0n) is 12.6. The van der Waals surface area contributed by atoms with Crippen LogP contribution in [0.2, 0.25) is 0 Å². The van der Waals surface area contributed by atoms with Gasteiger partial charge in [0.2, 0.25) is 0 Å². The van der Waals surface area contributed by atoms with Gasteiger partial charge in [0.1, 0.15) is 0 Å². The average molecular weight is 271 g/mol. The quantitative estimate of drug-likeness (QED) is 0.895. The minimum atomic E-state index is 0.580. The second-order valence-electron chi connectivity index (χ2n) is 6.03. The number of benzene rings is 1. The van der Waals surface area contributed by atoms with Crippen LogP contribution < -0.4 is 5.32 Å². The largest absolute Gasteiger partial charge is 0.311 e. The van der Waals surface area contributed by atoms with Crippen LogP contribution in [0, 0.1) is 17.2 Å². The maximum Gasteiger partial charge on any atom is 0.0991 e. The highest BCUT2D eigenvalue weighted by molar-refractivity contribution is 5.32. The summed E-state index contributed by atoms with van der Waals surface area (Å²) in [6.45, 7) is 8.95. The lowest BCUT2D eigenvalue weighted by atomic mass is 9.99. The molecular formula is C17H25N3. The number of hydrogen-bond acceptors (Lipinski definition) is 3. The van der Waals surface area contributed by atoms with E-state index in [9.17, 15) is 0 Å². The van der Waals surface area contributed by atoms with Crippen LogP contribution in [0.4, 0.5) is 0 Å². The highest BCUT2D eigenvalue weighted by Crippen LogP contribution is 2.17. The van der Waals surface area contributed by atoms with Crippen molar-refractivity contribution in [1.29, 1.82) is 5.26 Å². The fourth-order valence-corrected chi connectivity index (χ4v) is 2.93. The molecule has 1 fully saturated rings. The van der Waals surface area contributed by atoms with Crippen LogP contribution in [0.3, 0.4) is 0 Å². The predicted octanol–water partition coefficient (Wildman–Crippen LogP) is 2.77. The number of likely N-dealkylation sites (tertiary alicyclic amines) is 1. The first-order valence-electron chi connectivity index (χ1n) is 7.63. The van der Waals surface area contributed by atoms with Crippen LogP contribution in [-0.4, -0.2) is 30.6 Å². The van der Waals surface area contributed by atoms with Gasteiger partial charge in [0, 0.05) is 25.7 Å². The maximum absolute atomic E-state index is 8.89. The van der Waals surface area contributed by atoms with E-state index in [1.54, 1.807) is 0 Å². The van der Waals surface area contributed by atoms with Gasteiger partial charge in [-0.25, -0.2) is 0 Å². The molecule has 3 nitrogen and oxygen atoms in total. The molecule has 0 spiro atoms. The summed E-state index contributed by atoms with van der Waals surface area (Å²) in [7, 11) is 0. The third-order valence-corrected chi connectivity index (χ3v) is 4.14. The van der Waals surface area contributed by atoms with Crippen molar-refractivity contribution in [2.24, 2.45) is 5.92 Å². The molecule has 3 heteroatoms. The Morgan fingerprint density at radius 1 is 1.50 bits per heavy atom. The molecule has 0 aromatic heterocycles. The monoisotopic (exact) mass is 271 g/mol. The van der Waals surface area contributed by atoms with Gasteiger partial charge in [0.25, 0.3) is 0 Å². The molecule has 0 bridgehead atoms. The molecule has 1 aromatic rings. The molecular weight excluding hydrogens is 246 g/mol. The second-order valence-corrected chi connectivity index (χ2v) is 6.03. The summed E-state index contributed by atoms with van der Waals surface area (Å²) in [6.07, 6.45) is 2.70. The van der Waals surface area contributed by atoms with Crippen LogP contribution in [0.25, 0.3) is 0 Å². The molecule has 1 aliphatic heterocycles. The van der Waals surface area contributed by atoms with E-state index < -0.39 is 0 Å². The van der Waals surface area contributed by atoms with Gasteiger partial charge in [-0.3, -0.25) is 4.90 Å². The summed E-state index contributed by atoms with van der Waals surface area (Å²) in [5.41, 5.74) is 1.92. The van der Waals surface area contributed by atoms with E-state index in [-0.39, 0.29) is 0 Å². The van der Waals surface area contributed by atoms with Gasteiger partial charge in [-0.05, 0) is 49.9 Å². The number of nitrogens with zero attached hydrogens (tertiary/aromatic N) is 2. The zero-order valence-corrected chi connectivity index (χ0v) is 12.6. The molecule has 2 unspecified atom stereocenters. The van der Waals surface area contributed by atoms with Gasteiger partial charge >= 0.3 is 0 Å². The van der Waals surface area contributed by atoms with Crippen molar-refractivity contribution in [2.45, 2.75) is 39.3 Å². The van der Waals surface area contributed by atoms with Crippen molar-refractivity contribution >= 4 is 0 Å². The summed E-state index contributed by atoms with van der Waals surface area (Å²) in [5, 5.41) is 12.4. The average Bonchev–Trinajstić information content (AvgIpc) is 2.47. The normalized spacial score (nSPS) is 21.4. The molecule has 0 radical (unpaired) electrons. The van der Waals surface area contributed by atoms with Crippen molar-refractivity contribution < 1.29 is 0 Å². The van der Waals surface area contributed by atoms with Gasteiger partial charge in [-0.15, -0.1) is 0 Å². The van der Waals surface area contributed by atoms with E-state index in [4.69, 9.17) is 5.26 Å². The molecule has 1 N–H and O–H groups in total. The summed E-state index contributed by atoms with van der Waals surface area (Å²) in [5.74, 6) is 0.832. The van der Waals surface area contributed by atoms with E-state index in [0.717, 1.165) is 24.6 Å². The summed E-state index contributed by atoms with van der Waals surface area (Å²) >= 11 is 0. The van der Waals surface area contributed by atoms with E-state index in [1.165, 1.54) is 31.5 Å². The van der Waals surface area contributed by atoms with Gasteiger partial charge in [-0.2, -0.15) is 5.26 Å². The fourth-order valence-electron chi connectivity index (χ4n) is 2.93. The minimum Gasteiger partial charge on any atom is -0.311 e. The molecule has 2 atom stereocenters. The Balaban J connectivity index is 1.76. The first kappa shape index (κ1) is 15.0. The summed E-state index contributed by atoms with van der Waals surface area (Å²) in [4.78, 5) is 2.59. The number of nitrogens with one attached hydrogen (secondary N) is 1. The minimum absolute atomic E-state index is 0.580. The van der Waals surface area contributed by atoms with Crippen LogP contribution in [0.5, 0.6) is 0 Å². The van der Waals surface area contributed by atoms with Crippen molar-refractivity contribution in [3.63, 3.8) is 0 Å². The molecule has 108 valence electrons. The van der Waals surface area contributed by atoms with Crippen molar-refractivity contribution in [2.75, 3.05) is 19.6 Å². The van der Waals surface area contributed by atoms with Crippen molar-refractivity contribution in [1.82, 2.24) is 10.2 Å². The van der Waals surface area contributed by atoms with Gasteiger partial charge < -0.3 is 5.32 Å². The topological polar surface area (TPSA) is 39.1 Å². The lowest BCUT2D eigenvalue weighted by Crippen LogP contribution is -2.45. The molecule has 0 amide bonds. The molecule has 2 rings (SSSR count). The number of nitriles is 1. The third kappa shape index (κ3) is 4.33. The Kier molecular flexibility index (Phi) is 5.58. The standard InChI is InChI=1S/C17H25N3/c1-14-5-4-8-20(13-14)15(2)11-19-12-17-7-3-6-16(9-17)10-18/h3,6-7,9,14-15,19H,4-5,8,11-13H2,1-2H3. The fraction of sp³-hybridized carbons (Fsp3) is 0.588. The highest BCUT2D eigenvalue weighted by atomic mass is 15.2. The Bertz CT molecular complexity index is 464. The number of rotatable bonds is 5. The first-order valence-corrected chi connectivity index (χ1v) is 7.63. The van der Waals surface area contributed by atoms with Crippen LogP contribution in [0.15, 0.2) is 24.3 Å². The summed E-state index contributed by atoms with van der Waals surface area (Å²) in [6, 6.07) is 10.6. The Labute approximate surface area is 122 Å². The lowest BCUT2D eigenvalue weighted by Gasteiger charge is -2.35. The molecule has 0 aliphatic carbocycles. The molecule has 0 saturated carbocycles. The first-order chi connectivity index (χ1) is 9.69. The van der Waals surface area contributed by atoms with E-state index in [0.29, 0.717) is 6.04 Å². The molecule has 1 heterocycles. The van der Waals surface area contributed by atoms with Crippen molar-refractivity contribution in [3.05, 3.63) is 35.4 Å². The van der Waals surface area contributed by atoms with Crippen LogP contribution in [-0.2, 0) is 6.54 Å². The summed E-state index contributed by atoms with van der Waals surface area (Å²) < 4.78 is 0. The molecule has 1 aliphatic rings. The van der Waals surface area contributed by atoms with Gasteiger partial charge in [-0.1, -0.05) is 19.1 Å². The Morgan fingerprint density at radius 2 is 2.35 bits per heavy atom. The zero-order chi connectivity index (χ0) is 14.4. The van der Waals surface area contributed by atoms with Crippen LogP contribution >= 0.6 is 0 Å². The van der Waals surface area contributed by atoms with Crippen LogP contribution in [0.1, 0.15) is 37.8 Å². The van der Waals surface area contributed by atoms with E-state index in [1.807, 2.05) is 18.2 Å². The number of hydrogen-bond donors (Lipinski definition) is 1. The lowest BCUT2D eigenvalue weighted by molar-refractivity contribution is 0.136.